The minimum absolute atomic E-state index is 0.0549. The second kappa shape index (κ2) is 10.8. The molecule has 8 heteroatoms. The Balaban J connectivity index is 1.82. The number of carbonyl (C=O) groups is 3. The number of nitrogens with zero attached hydrogens (tertiary/aromatic N) is 1. The first-order valence-corrected chi connectivity index (χ1v) is 10.6. The molecule has 1 aliphatic rings. The van der Waals surface area contributed by atoms with Crippen molar-refractivity contribution in [3.8, 4) is 11.5 Å². The molecule has 0 aliphatic carbocycles. The predicted octanol–water partition coefficient (Wildman–Crippen LogP) is 3.40. The van der Waals surface area contributed by atoms with E-state index in [-0.39, 0.29) is 17.2 Å². The number of hydrogen-bond acceptors (Lipinski definition) is 6. The van der Waals surface area contributed by atoms with Gasteiger partial charge < -0.3 is 24.4 Å². The van der Waals surface area contributed by atoms with Crippen LogP contribution in [0.3, 0.4) is 0 Å². The molecule has 0 aromatic heterocycles. The molecule has 2 aromatic rings. The number of rotatable bonds is 8. The summed E-state index contributed by atoms with van der Waals surface area (Å²) in [5, 5.41) is 2.84. The van der Waals surface area contributed by atoms with Gasteiger partial charge in [-0.25, -0.2) is 0 Å². The predicted molar refractivity (Wildman–Crippen MR) is 119 cm³/mol. The maximum absolute atomic E-state index is 12.9. The van der Waals surface area contributed by atoms with Crippen LogP contribution in [0.2, 0.25) is 0 Å². The maximum atomic E-state index is 12.9. The lowest BCUT2D eigenvalue weighted by atomic mass is 10.1. The quantitative estimate of drug-likeness (QED) is 0.384. The van der Waals surface area contributed by atoms with Crippen molar-refractivity contribution in [2.45, 2.75) is 39.3 Å². The summed E-state index contributed by atoms with van der Waals surface area (Å²) >= 11 is 0. The molecule has 1 unspecified atom stereocenters. The summed E-state index contributed by atoms with van der Waals surface area (Å²) in [6.45, 7) is 4.69. The fourth-order valence-corrected chi connectivity index (χ4v) is 3.53. The molecule has 1 atom stereocenters. The number of fused-ring (bicyclic) bond motifs is 1. The molecule has 1 heterocycles. The lowest BCUT2D eigenvalue weighted by molar-refractivity contribution is -0.138. The molecule has 8 nitrogen and oxygen atoms in total. The van der Waals surface area contributed by atoms with Crippen LogP contribution in [-0.2, 0) is 20.9 Å². The van der Waals surface area contributed by atoms with Crippen LogP contribution in [0.1, 0.15) is 42.6 Å². The number of carbonyl (C=O) groups excluding carboxylic acids is 3. The first-order valence-electron chi connectivity index (χ1n) is 10.6. The van der Waals surface area contributed by atoms with E-state index in [1.54, 1.807) is 54.5 Å². The number of hydrogen-bond donors (Lipinski definition) is 1. The van der Waals surface area contributed by atoms with Crippen LogP contribution in [0.5, 0.6) is 11.5 Å². The lowest BCUT2D eigenvalue weighted by Gasteiger charge is -2.23. The van der Waals surface area contributed by atoms with Crippen molar-refractivity contribution in [2.75, 3.05) is 25.6 Å². The van der Waals surface area contributed by atoms with E-state index in [2.05, 4.69) is 5.32 Å². The number of ether oxygens (including phenoxy) is 3. The van der Waals surface area contributed by atoms with E-state index < -0.39 is 18.0 Å². The first-order chi connectivity index (χ1) is 15.4. The third kappa shape index (κ3) is 5.64. The summed E-state index contributed by atoms with van der Waals surface area (Å²) in [6.07, 6.45) is 0.733. The van der Waals surface area contributed by atoms with Crippen LogP contribution in [0.15, 0.2) is 42.5 Å². The van der Waals surface area contributed by atoms with Gasteiger partial charge in [0.2, 0.25) is 0 Å². The zero-order valence-corrected chi connectivity index (χ0v) is 18.6. The number of benzene rings is 2. The van der Waals surface area contributed by atoms with E-state index in [4.69, 9.17) is 14.2 Å². The Morgan fingerprint density at radius 3 is 2.72 bits per heavy atom. The Morgan fingerprint density at radius 1 is 1.22 bits per heavy atom. The monoisotopic (exact) mass is 440 g/mol. The molecule has 0 fully saturated rings. The molecule has 3 rings (SSSR count). The van der Waals surface area contributed by atoms with Gasteiger partial charge in [-0.05, 0) is 43.2 Å². The van der Waals surface area contributed by atoms with Crippen LogP contribution in [0.25, 0.3) is 0 Å². The van der Waals surface area contributed by atoms with Gasteiger partial charge in [0.1, 0.15) is 11.5 Å². The smallest absolute Gasteiger partial charge is 0.308 e. The minimum Gasteiger partial charge on any atom is -0.480 e. The molecule has 1 aliphatic heterocycles. The number of nitrogens with one attached hydrogen (secondary N) is 1. The van der Waals surface area contributed by atoms with E-state index in [1.807, 2.05) is 6.92 Å². The number of methoxy groups -OCH3 is 1. The molecular weight excluding hydrogens is 412 g/mol. The van der Waals surface area contributed by atoms with Crippen LogP contribution in [0, 0.1) is 0 Å². The SMILES string of the molecule is CCC1Oc2ccc(NC(=O)c3ccccc3OC(C)=O)cc2CN(CCCOC)C1=O. The molecular formula is C24H28N2O6. The Morgan fingerprint density at radius 2 is 2.00 bits per heavy atom. The van der Waals surface area contributed by atoms with E-state index >= 15 is 0 Å². The Labute approximate surface area is 187 Å². The summed E-state index contributed by atoms with van der Waals surface area (Å²) in [5.74, 6) is -0.151. The second-order valence-electron chi connectivity index (χ2n) is 7.49. The van der Waals surface area contributed by atoms with Crippen molar-refractivity contribution in [1.29, 1.82) is 0 Å². The van der Waals surface area contributed by atoms with Crippen LogP contribution in [-0.4, -0.2) is 49.0 Å². The number of para-hydroxylation sites is 1. The zero-order chi connectivity index (χ0) is 23.1. The minimum atomic E-state index is -0.546. The standard InChI is InChI=1S/C24H28N2O6/c1-4-20-24(29)26(12-7-13-30-3)15-17-14-18(10-11-21(17)32-20)25-23(28)19-8-5-6-9-22(19)31-16(2)27/h5-6,8-11,14,20H,4,7,12-13,15H2,1-3H3,(H,25,28). The number of anilines is 1. The molecule has 0 saturated carbocycles. The lowest BCUT2D eigenvalue weighted by Crippen LogP contribution is -2.40. The zero-order valence-electron chi connectivity index (χ0n) is 18.6. The van der Waals surface area contributed by atoms with Crippen molar-refractivity contribution >= 4 is 23.5 Å². The molecule has 2 amide bonds. The molecule has 0 radical (unpaired) electrons. The second-order valence-corrected chi connectivity index (χ2v) is 7.49. The summed E-state index contributed by atoms with van der Waals surface area (Å²) in [4.78, 5) is 38.8. The average molecular weight is 440 g/mol. The van der Waals surface area contributed by atoms with Crippen molar-refractivity contribution in [2.24, 2.45) is 0 Å². The molecule has 0 saturated heterocycles. The number of amides is 2. The van der Waals surface area contributed by atoms with E-state index in [1.165, 1.54) is 6.92 Å². The Kier molecular flexibility index (Phi) is 7.83. The van der Waals surface area contributed by atoms with Crippen LogP contribution >= 0.6 is 0 Å². The summed E-state index contributed by atoms with van der Waals surface area (Å²) in [6, 6.07) is 11.8. The van der Waals surface area contributed by atoms with Gasteiger partial charge in [0.15, 0.2) is 6.10 Å². The first kappa shape index (κ1) is 23.3. The molecule has 1 N–H and O–H groups in total. The summed E-state index contributed by atoms with van der Waals surface area (Å²) in [5.41, 5.74) is 1.60. The van der Waals surface area contributed by atoms with E-state index in [9.17, 15) is 14.4 Å². The van der Waals surface area contributed by atoms with Crippen molar-refractivity contribution in [3.63, 3.8) is 0 Å². The van der Waals surface area contributed by atoms with Gasteiger partial charge in [0.05, 0.1) is 5.56 Å². The molecule has 32 heavy (non-hydrogen) atoms. The van der Waals surface area contributed by atoms with Crippen molar-refractivity contribution in [3.05, 3.63) is 53.6 Å². The van der Waals surface area contributed by atoms with Gasteiger partial charge in [-0.3, -0.25) is 14.4 Å². The highest BCUT2D eigenvalue weighted by Crippen LogP contribution is 2.30. The average Bonchev–Trinajstić information content (AvgIpc) is 2.90. The van der Waals surface area contributed by atoms with Crippen LogP contribution < -0.4 is 14.8 Å². The highest BCUT2D eigenvalue weighted by atomic mass is 16.5. The van der Waals surface area contributed by atoms with Crippen LogP contribution in [0.4, 0.5) is 5.69 Å². The fraction of sp³-hybridized carbons (Fsp3) is 0.375. The van der Waals surface area contributed by atoms with Gasteiger partial charge >= 0.3 is 5.97 Å². The third-order valence-corrected chi connectivity index (χ3v) is 5.07. The normalized spacial score (nSPS) is 15.4. The van der Waals surface area contributed by atoms with Crippen molar-refractivity contribution < 1.29 is 28.6 Å². The largest absolute Gasteiger partial charge is 0.480 e. The summed E-state index contributed by atoms with van der Waals surface area (Å²) < 4.78 is 16.2. The Hall–Kier alpha value is -3.39. The molecule has 170 valence electrons. The highest BCUT2D eigenvalue weighted by Gasteiger charge is 2.29. The van der Waals surface area contributed by atoms with Gasteiger partial charge in [-0.15, -0.1) is 0 Å². The van der Waals surface area contributed by atoms with Gasteiger partial charge in [-0.2, -0.15) is 0 Å². The van der Waals surface area contributed by atoms with E-state index in [0.29, 0.717) is 37.6 Å². The topological polar surface area (TPSA) is 94.2 Å². The van der Waals surface area contributed by atoms with E-state index in [0.717, 1.165) is 12.0 Å². The summed E-state index contributed by atoms with van der Waals surface area (Å²) in [7, 11) is 1.63. The molecule has 0 bridgehead atoms. The van der Waals surface area contributed by atoms with Gasteiger partial charge in [0.25, 0.3) is 11.8 Å². The molecule has 2 aromatic carbocycles. The van der Waals surface area contributed by atoms with Crippen molar-refractivity contribution in [1.82, 2.24) is 4.90 Å². The third-order valence-electron chi connectivity index (χ3n) is 5.07. The Bertz CT molecular complexity index is 990. The molecule has 0 spiro atoms. The number of esters is 1. The van der Waals surface area contributed by atoms with Gasteiger partial charge in [-0.1, -0.05) is 19.1 Å². The maximum Gasteiger partial charge on any atom is 0.308 e. The highest BCUT2D eigenvalue weighted by molar-refractivity contribution is 6.06. The fourth-order valence-electron chi connectivity index (χ4n) is 3.53. The van der Waals surface area contributed by atoms with Gasteiger partial charge in [0, 0.05) is 45.0 Å².